The Morgan fingerprint density at radius 1 is 1.31 bits per heavy atom. The van der Waals surface area contributed by atoms with Gasteiger partial charge >= 0.3 is 5.97 Å². The van der Waals surface area contributed by atoms with Crippen LogP contribution in [0, 0.1) is 0 Å². The molecule has 1 aromatic rings. The zero-order chi connectivity index (χ0) is 12.0. The number of methoxy groups -OCH3 is 1. The van der Waals surface area contributed by atoms with Gasteiger partial charge in [-0.25, -0.2) is 13.6 Å². The average Bonchev–Trinajstić information content (AvgIpc) is 2.35. The van der Waals surface area contributed by atoms with Gasteiger partial charge < -0.3 is 4.74 Å². The standard InChI is InChI=1S/C12H14F2O2/c1-16-12(15)11(14)10(13)8-7-9-5-3-2-4-6-9/h2-6,10-11H,7-8H2,1H3. The van der Waals surface area contributed by atoms with Gasteiger partial charge in [-0.05, 0) is 18.4 Å². The lowest BCUT2D eigenvalue weighted by molar-refractivity contribution is -0.149. The van der Waals surface area contributed by atoms with Crippen LogP contribution in [0.25, 0.3) is 0 Å². The third-order valence-corrected chi connectivity index (χ3v) is 2.30. The lowest BCUT2D eigenvalue weighted by atomic mass is 10.1. The van der Waals surface area contributed by atoms with Gasteiger partial charge in [0.15, 0.2) is 0 Å². The Hall–Kier alpha value is -1.45. The molecule has 0 spiro atoms. The second-order valence-corrected chi connectivity index (χ2v) is 3.47. The highest BCUT2D eigenvalue weighted by Gasteiger charge is 2.28. The SMILES string of the molecule is COC(=O)C(F)C(F)CCc1ccccc1. The summed E-state index contributed by atoms with van der Waals surface area (Å²) in [5, 5.41) is 0. The molecule has 16 heavy (non-hydrogen) atoms. The number of hydrogen-bond acceptors (Lipinski definition) is 2. The maximum atomic E-state index is 13.2. The fraction of sp³-hybridized carbons (Fsp3) is 0.417. The van der Waals surface area contributed by atoms with Gasteiger partial charge in [-0.2, -0.15) is 0 Å². The first-order valence-corrected chi connectivity index (χ1v) is 5.05. The molecule has 0 saturated heterocycles. The van der Waals surface area contributed by atoms with Crippen LogP contribution in [-0.2, 0) is 16.0 Å². The summed E-state index contributed by atoms with van der Waals surface area (Å²) >= 11 is 0. The van der Waals surface area contributed by atoms with E-state index in [1.807, 2.05) is 30.3 Å². The second kappa shape index (κ2) is 6.20. The molecular weight excluding hydrogens is 214 g/mol. The molecule has 0 heterocycles. The van der Waals surface area contributed by atoms with Crippen molar-refractivity contribution in [1.82, 2.24) is 0 Å². The van der Waals surface area contributed by atoms with E-state index in [4.69, 9.17) is 0 Å². The van der Waals surface area contributed by atoms with Crippen molar-refractivity contribution in [1.29, 1.82) is 0 Å². The largest absolute Gasteiger partial charge is 0.467 e. The Balaban J connectivity index is 2.41. The predicted molar refractivity (Wildman–Crippen MR) is 56.6 cm³/mol. The maximum absolute atomic E-state index is 13.2. The number of carbonyl (C=O) groups is 1. The Bertz CT molecular complexity index is 327. The maximum Gasteiger partial charge on any atom is 0.343 e. The Morgan fingerprint density at radius 2 is 1.94 bits per heavy atom. The molecule has 0 aromatic heterocycles. The van der Waals surface area contributed by atoms with Gasteiger partial charge in [-0.15, -0.1) is 0 Å². The molecule has 2 unspecified atom stereocenters. The van der Waals surface area contributed by atoms with Crippen LogP contribution in [0.1, 0.15) is 12.0 Å². The number of halogens is 2. The summed E-state index contributed by atoms with van der Waals surface area (Å²) in [5.74, 6) is -1.15. The smallest absolute Gasteiger partial charge is 0.343 e. The third-order valence-electron chi connectivity index (χ3n) is 2.30. The summed E-state index contributed by atoms with van der Waals surface area (Å²) in [5.41, 5.74) is 0.919. The topological polar surface area (TPSA) is 26.3 Å². The second-order valence-electron chi connectivity index (χ2n) is 3.47. The summed E-state index contributed by atoms with van der Waals surface area (Å²) < 4.78 is 30.4. The van der Waals surface area contributed by atoms with Crippen LogP contribution >= 0.6 is 0 Å². The minimum atomic E-state index is -2.19. The van der Waals surface area contributed by atoms with Crippen LogP contribution in [0.4, 0.5) is 8.78 Å². The summed E-state index contributed by atoms with van der Waals surface area (Å²) in [4.78, 5) is 10.7. The molecule has 0 bridgehead atoms. The number of rotatable bonds is 5. The lowest BCUT2D eigenvalue weighted by Crippen LogP contribution is -2.28. The highest BCUT2D eigenvalue weighted by atomic mass is 19.2. The molecule has 0 radical (unpaired) electrons. The van der Waals surface area contributed by atoms with E-state index in [1.54, 1.807) is 0 Å². The molecule has 0 amide bonds. The first-order chi connectivity index (χ1) is 7.65. The van der Waals surface area contributed by atoms with E-state index in [2.05, 4.69) is 4.74 Å². The number of esters is 1. The van der Waals surface area contributed by atoms with Gasteiger partial charge in [-0.1, -0.05) is 30.3 Å². The number of ether oxygens (including phenoxy) is 1. The minimum absolute atomic E-state index is 0.0275. The molecule has 2 nitrogen and oxygen atoms in total. The van der Waals surface area contributed by atoms with Gasteiger partial charge in [0.1, 0.15) is 6.17 Å². The van der Waals surface area contributed by atoms with Gasteiger partial charge in [-0.3, -0.25) is 0 Å². The molecule has 0 saturated carbocycles. The van der Waals surface area contributed by atoms with Crippen molar-refractivity contribution in [3.05, 3.63) is 35.9 Å². The first kappa shape index (κ1) is 12.6. The summed E-state index contributed by atoms with van der Waals surface area (Å²) in [6.07, 6.45) is -3.62. The highest BCUT2D eigenvalue weighted by Crippen LogP contribution is 2.13. The number of hydrogen-bond donors (Lipinski definition) is 0. The van der Waals surface area contributed by atoms with E-state index >= 15 is 0 Å². The number of aryl methyl sites for hydroxylation is 1. The van der Waals surface area contributed by atoms with E-state index in [1.165, 1.54) is 0 Å². The van der Waals surface area contributed by atoms with Crippen LogP contribution in [0.5, 0.6) is 0 Å². The van der Waals surface area contributed by atoms with E-state index in [0.29, 0.717) is 6.42 Å². The zero-order valence-electron chi connectivity index (χ0n) is 9.03. The molecule has 0 aliphatic heterocycles. The molecular formula is C12H14F2O2. The molecule has 1 rings (SSSR count). The fourth-order valence-electron chi connectivity index (χ4n) is 1.36. The number of carbonyl (C=O) groups excluding carboxylic acids is 1. The Morgan fingerprint density at radius 3 is 2.50 bits per heavy atom. The van der Waals surface area contributed by atoms with E-state index < -0.39 is 18.3 Å². The van der Waals surface area contributed by atoms with E-state index in [0.717, 1.165) is 12.7 Å². The quantitative estimate of drug-likeness (QED) is 0.724. The molecule has 2 atom stereocenters. The molecule has 4 heteroatoms. The van der Waals surface area contributed by atoms with Crippen LogP contribution in [0.15, 0.2) is 30.3 Å². The van der Waals surface area contributed by atoms with Crippen molar-refractivity contribution in [2.75, 3.05) is 7.11 Å². The Labute approximate surface area is 93.2 Å². The summed E-state index contributed by atoms with van der Waals surface area (Å²) in [6, 6.07) is 9.17. The number of benzene rings is 1. The van der Waals surface area contributed by atoms with Crippen LogP contribution in [0.2, 0.25) is 0 Å². The van der Waals surface area contributed by atoms with Crippen LogP contribution < -0.4 is 0 Å². The van der Waals surface area contributed by atoms with Gasteiger partial charge in [0, 0.05) is 0 Å². The first-order valence-electron chi connectivity index (χ1n) is 5.05. The van der Waals surface area contributed by atoms with Crippen molar-refractivity contribution in [3.63, 3.8) is 0 Å². The summed E-state index contributed by atoms with van der Waals surface area (Å²) in [6.45, 7) is 0. The lowest BCUT2D eigenvalue weighted by Gasteiger charge is -2.11. The van der Waals surface area contributed by atoms with Crippen molar-refractivity contribution in [3.8, 4) is 0 Å². The van der Waals surface area contributed by atoms with E-state index in [9.17, 15) is 13.6 Å². The fourth-order valence-corrected chi connectivity index (χ4v) is 1.36. The van der Waals surface area contributed by atoms with Gasteiger partial charge in [0.25, 0.3) is 0 Å². The van der Waals surface area contributed by atoms with Crippen molar-refractivity contribution in [2.45, 2.75) is 25.2 Å². The minimum Gasteiger partial charge on any atom is -0.467 e. The van der Waals surface area contributed by atoms with Gasteiger partial charge in [0.2, 0.25) is 6.17 Å². The van der Waals surface area contributed by atoms with E-state index in [-0.39, 0.29) is 6.42 Å². The normalized spacial score (nSPS) is 14.2. The van der Waals surface area contributed by atoms with Crippen molar-refractivity contribution in [2.24, 2.45) is 0 Å². The zero-order valence-corrected chi connectivity index (χ0v) is 9.03. The molecule has 1 aromatic carbocycles. The number of alkyl halides is 2. The average molecular weight is 228 g/mol. The Kier molecular flexibility index (Phi) is 4.89. The summed E-state index contributed by atoms with van der Waals surface area (Å²) in [7, 11) is 1.04. The van der Waals surface area contributed by atoms with Crippen LogP contribution in [0.3, 0.4) is 0 Å². The molecule has 0 aliphatic rings. The van der Waals surface area contributed by atoms with Gasteiger partial charge in [0.05, 0.1) is 7.11 Å². The highest BCUT2D eigenvalue weighted by molar-refractivity contribution is 5.75. The molecule has 0 fully saturated rings. The monoisotopic (exact) mass is 228 g/mol. The molecule has 0 N–H and O–H groups in total. The van der Waals surface area contributed by atoms with Crippen molar-refractivity contribution >= 4 is 5.97 Å². The molecule has 88 valence electrons. The third kappa shape index (κ3) is 3.61. The van der Waals surface area contributed by atoms with Crippen molar-refractivity contribution < 1.29 is 18.3 Å². The van der Waals surface area contributed by atoms with Crippen LogP contribution in [-0.4, -0.2) is 25.4 Å². The molecule has 0 aliphatic carbocycles. The predicted octanol–water partition coefficient (Wildman–Crippen LogP) is 2.47.